The molecule has 0 aromatic heterocycles. The third-order valence-corrected chi connectivity index (χ3v) is 3.67. The van der Waals surface area contributed by atoms with Crippen LogP contribution in [0.25, 0.3) is 0 Å². The molecule has 0 atom stereocenters. The van der Waals surface area contributed by atoms with Gasteiger partial charge in [0, 0.05) is 5.56 Å². The van der Waals surface area contributed by atoms with E-state index in [1.54, 1.807) is 18.2 Å². The molecule has 0 saturated carbocycles. The van der Waals surface area contributed by atoms with Gasteiger partial charge in [-0.3, -0.25) is 4.79 Å². The highest BCUT2D eigenvalue weighted by Gasteiger charge is 2.10. The van der Waals surface area contributed by atoms with E-state index in [1.807, 2.05) is 32.9 Å². The number of rotatable bonds is 6. The van der Waals surface area contributed by atoms with E-state index < -0.39 is 6.61 Å². The molecule has 0 unspecified atom stereocenters. The van der Waals surface area contributed by atoms with Crippen LogP contribution in [-0.4, -0.2) is 18.2 Å². The summed E-state index contributed by atoms with van der Waals surface area (Å²) in [7, 11) is 0. The third-order valence-electron chi connectivity index (χ3n) is 3.67. The first-order valence-electron chi connectivity index (χ1n) is 7.90. The first-order chi connectivity index (χ1) is 11.9. The number of aryl methyl sites for hydroxylation is 2. The molecular formula is C19H20F2N2O2. The highest BCUT2D eigenvalue weighted by Crippen LogP contribution is 2.16. The first kappa shape index (κ1) is 18.6. The lowest BCUT2D eigenvalue weighted by Gasteiger charge is -2.09. The van der Waals surface area contributed by atoms with Gasteiger partial charge in [-0.1, -0.05) is 24.6 Å². The number of carbonyl (C=O) groups excluding carboxylic acids is 1. The third kappa shape index (κ3) is 5.11. The number of halogens is 2. The molecule has 1 N–H and O–H groups in total. The molecular weight excluding hydrogens is 326 g/mol. The molecule has 25 heavy (non-hydrogen) atoms. The second kappa shape index (κ2) is 8.37. The minimum Gasteiger partial charge on any atom is -0.435 e. The van der Waals surface area contributed by atoms with E-state index >= 15 is 0 Å². The Hall–Kier alpha value is -2.76. The van der Waals surface area contributed by atoms with Crippen LogP contribution in [0.15, 0.2) is 47.6 Å². The van der Waals surface area contributed by atoms with Crippen LogP contribution in [0.2, 0.25) is 0 Å². The molecule has 0 radical (unpaired) electrons. The van der Waals surface area contributed by atoms with E-state index in [9.17, 15) is 13.6 Å². The topological polar surface area (TPSA) is 50.7 Å². The van der Waals surface area contributed by atoms with Gasteiger partial charge >= 0.3 is 6.61 Å². The number of ether oxygens (including phenoxy) is 1. The predicted molar refractivity (Wildman–Crippen MR) is 93.3 cm³/mol. The number of carbonyl (C=O) groups is 1. The second-order valence-electron chi connectivity index (χ2n) is 5.57. The van der Waals surface area contributed by atoms with E-state index in [0.717, 1.165) is 16.7 Å². The average Bonchev–Trinajstić information content (AvgIpc) is 2.56. The molecule has 0 aliphatic rings. The highest BCUT2D eigenvalue weighted by atomic mass is 19.3. The molecule has 0 aliphatic carbocycles. The van der Waals surface area contributed by atoms with Crippen molar-refractivity contribution in [1.82, 2.24) is 5.43 Å². The molecule has 2 aromatic rings. The SMILES string of the molecule is CC/C(=N\NC(=O)c1ccc(C)cc1C)c1ccc(OC(F)F)cc1. The monoisotopic (exact) mass is 346 g/mol. The summed E-state index contributed by atoms with van der Waals surface area (Å²) in [6, 6.07) is 11.7. The molecule has 0 bridgehead atoms. The zero-order chi connectivity index (χ0) is 18.4. The molecule has 0 spiro atoms. The average molecular weight is 346 g/mol. The Morgan fingerprint density at radius 2 is 1.84 bits per heavy atom. The van der Waals surface area contributed by atoms with Crippen LogP contribution in [0.1, 0.15) is 40.4 Å². The number of hydrogen-bond donors (Lipinski definition) is 1. The normalized spacial score (nSPS) is 11.5. The van der Waals surface area contributed by atoms with E-state index in [0.29, 0.717) is 17.7 Å². The van der Waals surface area contributed by atoms with E-state index in [-0.39, 0.29) is 11.7 Å². The Labute approximate surface area is 145 Å². The summed E-state index contributed by atoms with van der Waals surface area (Å²) in [5, 5.41) is 4.17. The molecule has 4 nitrogen and oxygen atoms in total. The Kier molecular flexibility index (Phi) is 6.22. The van der Waals surface area contributed by atoms with Crippen LogP contribution in [-0.2, 0) is 0 Å². The van der Waals surface area contributed by atoms with E-state index in [2.05, 4.69) is 15.3 Å². The number of amides is 1. The van der Waals surface area contributed by atoms with Gasteiger partial charge in [0.15, 0.2) is 0 Å². The molecule has 1 amide bonds. The van der Waals surface area contributed by atoms with Crippen molar-refractivity contribution < 1.29 is 18.3 Å². The fourth-order valence-electron chi connectivity index (χ4n) is 2.42. The summed E-state index contributed by atoms with van der Waals surface area (Å²) in [6.45, 7) is 2.87. The Bertz CT molecular complexity index is 771. The number of benzene rings is 2. The minimum absolute atomic E-state index is 0.0773. The van der Waals surface area contributed by atoms with Crippen LogP contribution in [0.4, 0.5) is 8.78 Å². The van der Waals surface area contributed by atoms with Crippen molar-refractivity contribution in [1.29, 1.82) is 0 Å². The molecule has 0 fully saturated rings. The van der Waals surface area contributed by atoms with Crippen LogP contribution in [0.5, 0.6) is 5.75 Å². The second-order valence-corrected chi connectivity index (χ2v) is 5.57. The fraction of sp³-hybridized carbons (Fsp3) is 0.263. The smallest absolute Gasteiger partial charge is 0.387 e. The van der Waals surface area contributed by atoms with Crippen LogP contribution >= 0.6 is 0 Å². The van der Waals surface area contributed by atoms with Gasteiger partial charge in [0.25, 0.3) is 5.91 Å². The number of hydrogen-bond acceptors (Lipinski definition) is 3. The first-order valence-corrected chi connectivity index (χ1v) is 7.90. The van der Waals surface area contributed by atoms with Gasteiger partial charge < -0.3 is 4.74 Å². The van der Waals surface area contributed by atoms with Crippen molar-refractivity contribution in [2.75, 3.05) is 0 Å². The highest BCUT2D eigenvalue weighted by molar-refractivity contribution is 6.02. The quantitative estimate of drug-likeness (QED) is 0.621. The lowest BCUT2D eigenvalue weighted by atomic mass is 10.1. The van der Waals surface area contributed by atoms with Gasteiger partial charge in [0.05, 0.1) is 5.71 Å². The maximum Gasteiger partial charge on any atom is 0.387 e. The van der Waals surface area contributed by atoms with Crippen molar-refractivity contribution in [3.05, 3.63) is 64.7 Å². The maximum absolute atomic E-state index is 12.3. The molecule has 2 aromatic carbocycles. The summed E-state index contributed by atoms with van der Waals surface area (Å²) in [4.78, 5) is 12.3. The van der Waals surface area contributed by atoms with Gasteiger partial charge in [0.2, 0.25) is 0 Å². The lowest BCUT2D eigenvalue weighted by Crippen LogP contribution is -2.21. The standard InChI is InChI=1S/C19H20F2N2O2/c1-4-17(14-6-8-15(9-7-14)25-19(20)21)22-23-18(24)16-10-5-12(2)11-13(16)3/h5-11,19H,4H2,1-3H3,(H,23,24)/b22-17+. The Morgan fingerprint density at radius 1 is 1.16 bits per heavy atom. The summed E-state index contributed by atoms with van der Waals surface area (Å²) in [5.74, 6) is -0.213. The number of nitrogens with zero attached hydrogens (tertiary/aromatic N) is 1. The van der Waals surface area contributed by atoms with Crippen molar-refractivity contribution >= 4 is 11.6 Å². The van der Waals surface area contributed by atoms with Crippen LogP contribution in [0, 0.1) is 13.8 Å². The maximum atomic E-state index is 12.3. The predicted octanol–water partition coefficient (Wildman–Crippen LogP) is 4.45. The minimum atomic E-state index is -2.86. The molecule has 6 heteroatoms. The largest absolute Gasteiger partial charge is 0.435 e. The molecule has 132 valence electrons. The van der Waals surface area contributed by atoms with Crippen LogP contribution < -0.4 is 10.2 Å². The summed E-state index contributed by atoms with van der Waals surface area (Å²) >= 11 is 0. The van der Waals surface area contributed by atoms with E-state index in [4.69, 9.17) is 0 Å². The summed E-state index contributed by atoms with van der Waals surface area (Å²) in [5.41, 5.74) is 6.44. The zero-order valence-corrected chi connectivity index (χ0v) is 14.3. The Morgan fingerprint density at radius 3 is 2.40 bits per heavy atom. The van der Waals surface area contributed by atoms with Gasteiger partial charge in [-0.15, -0.1) is 0 Å². The summed E-state index contributed by atoms with van der Waals surface area (Å²) < 4.78 is 28.7. The van der Waals surface area contributed by atoms with Crippen molar-refractivity contribution in [3.63, 3.8) is 0 Å². The Balaban J connectivity index is 2.12. The van der Waals surface area contributed by atoms with Crippen molar-refractivity contribution in [3.8, 4) is 5.75 Å². The molecule has 2 rings (SSSR count). The van der Waals surface area contributed by atoms with E-state index in [1.165, 1.54) is 12.1 Å². The molecule has 0 saturated heterocycles. The van der Waals surface area contributed by atoms with Crippen LogP contribution in [0.3, 0.4) is 0 Å². The molecule has 0 heterocycles. The van der Waals surface area contributed by atoms with Gasteiger partial charge in [-0.25, -0.2) is 5.43 Å². The number of alkyl halides is 2. The van der Waals surface area contributed by atoms with Gasteiger partial charge in [-0.05, 0) is 61.7 Å². The number of hydrazone groups is 1. The number of nitrogens with one attached hydrogen (secondary N) is 1. The van der Waals surface area contributed by atoms with Crippen molar-refractivity contribution in [2.24, 2.45) is 5.10 Å². The fourth-order valence-corrected chi connectivity index (χ4v) is 2.42. The lowest BCUT2D eigenvalue weighted by molar-refractivity contribution is -0.0498. The molecule has 0 aliphatic heterocycles. The van der Waals surface area contributed by atoms with Gasteiger partial charge in [0.1, 0.15) is 5.75 Å². The zero-order valence-electron chi connectivity index (χ0n) is 14.3. The van der Waals surface area contributed by atoms with Crippen molar-refractivity contribution in [2.45, 2.75) is 33.8 Å². The summed E-state index contributed by atoms with van der Waals surface area (Å²) in [6.07, 6.45) is 0.572. The van der Waals surface area contributed by atoms with Gasteiger partial charge in [-0.2, -0.15) is 13.9 Å².